The fourth-order valence-corrected chi connectivity index (χ4v) is 2.80. The van der Waals surface area contributed by atoms with Crippen molar-refractivity contribution in [2.75, 3.05) is 0 Å². The Kier molecular flexibility index (Phi) is 2.83. The number of hydrogen-bond donors (Lipinski definition) is 0. The second kappa shape index (κ2) is 4.36. The SMILES string of the molecule is Cc1occc1C(Cl)c1ccc2c(c1)CC(C)O2. The zero-order chi connectivity index (χ0) is 12.7. The van der Waals surface area contributed by atoms with Crippen LogP contribution < -0.4 is 4.74 Å². The average Bonchev–Trinajstić information content (AvgIpc) is 2.91. The lowest BCUT2D eigenvalue weighted by Crippen LogP contribution is -2.05. The van der Waals surface area contributed by atoms with Crippen LogP contribution in [0.25, 0.3) is 0 Å². The van der Waals surface area contributed by atoms with E-state index < -0.39 is 0 Å². The molecule has 1 aromatic heterocycles. The third kappa shape index (κ3) is 1.91. The molecule has 94 valence electrons. The van der Waals surface area contributed by atoms with Crippen molar-refractivity contribution in [2.45, 2.75) is 31.7 Å². The fraction of sp³-hybridized carbons (Fsp3) is 0.333. The summed E-state index contributed by atoms with van der Waals surface area (Å²) in [4.78, 5) is 0. The number of aryl methyl sites for hydroxylation is 1. The van der Waals surface area contributed by atoms with Crippen molar-refractivity contribution >= 4 is 11.6 Å². The van der Waals surface area contributed by atoms with E-state index >= 15 is 0 Å². The zero-order valence-electron chi connectivity index (χ0n) is 10.4. The Bertz CT molecular complexity index is 574. The van der Waals surface area contributed by atoms with Gasteiger partial charge in [-0.25, -0.2) is 0 Å². The minimum Gasteiger partial charge on any atom is -0.490 e. The maximum absolute atomic E-state index is 6.52. The highest BCUT2D eigenvalue weighted by Gasteiger charge is 2.22. The van der Waals surface area contributed by atoms with Gasteiger partial charge in [0, 0.05) is 12.0 Å². The summed E-state index contributed by atoms with van der Waals surface area (Å²) in [6.45, 7) is 4.02. The molecular weight excluding hydrogens is 248 g/mol. The van der Waals surface area contributed by atoms with Gasteiger partial charge in [-0.05, 0) is 37.1 Å². The molecule has 1 aromatic carbocycles. The number of fused-ring (bicyclic) bond motifs is 1. The molecule has 2 unspecified atom stereocenters. The lowest BCUT2D eigenvalue weighted by Gasteiger charge is -2.10. The quantitative estimate of drug-likeness (QED) is 0.756. The third-order valence-electron chi connectivity index (χ3n) is 3.38. The summed E-state index contributed by atoms with van der Waals surface area (Å²) in [5.74, 6) is 1.86. The molecule has 3 heteroatoms. The molecule has 0 saturated heterocycles. The molecule has 1 aliphatic rings. The monoisotopic (exact) mass is 262 g/mol. The average molecular weight is 263 g/mol. The summed E-state index contributed by atoms with van der Waals surface area (Å²) >= 11 is 6.52. The van der Waals surface area contributed by atoms with E-state index in [1.165, 1.54) is 5.56 Å². The van der Waals surface area contributed by atoms with Gasteiger partial charge in [-0.3, -0.25) is 0 Å². The lowest BCUT2D eigenvalue weighted by atomic mass is 10.0. The molecule has 0 fully saturated rings. The third-order valence-corrected chi connectivity index (χ3v) is 3.87. The number of hydrogen-bond acceptors (Lipinski definition) is 2. The number of benzene rings is 1. The molecular formula is C15H15ClO2. The Morgan fingerprint density at radius 2 is 2.17 bits per heavy atom. The van der Waals surface area contributed by atoms with E-state index in [1.807, 2.05) is 25.1 Å². The zero-order valence-corrected chi connectivity index (χ0v) is 11.2. The Morgan fingerprint density at radius 3 is 2.89 bits per heavy atom. The van der Waals surface area contributed by atoms with Crippen LogP contribution in [0.5, 0.6) is 5.75 Å². The number of ether oxygens (including phenoxy) is 1. The van der Waals surface area contributed by atoms with E-state index in [9.17, 15) is 0 Å². The molecule has 2 aromatic rings. The first-order chi connectivity index (χ1) is 8.65. The summed E-state index contributed by atoms with van der Waals surface area (Å²) in [7, 11) is 0. The Morgan fingerprint density at radius 1 is 1.33 bits per heavy atom. The van der Waals surface area contributed by atoms with Crippen LogP contribution in [0.3, 0.4) is 0 Å². The van der Waals surface area contributed by atoms with Crippen LogP contribution in [0.4, 0.5) is 0 Å². The number of alkyl halides is 1. The van der Waals surface area contributed by atoms with Crippen molar-refractivity contribution in [1.82, 2.24) is 0 Å². The molecule has 0 saturated carbocycles. The smallest absolute Gasteiger partial charge is 0.123 e. The highest BCUT2D eigenvalue weighted by atomic mass is 35.5. The van der Waals surface area contributed by atoms with Gasteiger partial charge in [0.1, 0.15) is 17.6 Å². The predicted octanol–water partition coefficient (Wildman–Crippen LogP) is 4.24. The summed E-state index contributed by atoms with van der Waals surface area (Å²) in [5.41, 5.74) is 3.37. The molecule has 3 rings (SSSR count). The molecule has 0 amide bonds. The normalized spacial score (nSPS) is 19.4. The molecule has 0 spiro atoms. The Balaban J connectivity index is 1.94. The molecule has 18 heavy (non-hydrogen) atoms. The van der Waals surface area contributed by atoms with Gasteiger partial charge in [-0.1, -0.05) is 12.1 Å². The van der Waals surface area contributed by atoms with Crippen molar-refractivity contribution in [1.29, 1.82) is 0 Å². The molecule has 0 aliphatic carbocycles. The topological polar surface area (TPSA) is 22.4 Å². The van der Waals surface area contributed by atoms with Crippen molar-refractivity contribution in [3.8, 4) is 5.75 Å². The molecule has 2 nitrogen and oxygen atoms in total. The van der Waals surface area contributed by atoms with Crippen LogP contribution in [-0.2, 0) is 6.42 Å². The number of halogens is 1. The van der Waals surface area contributed by atoms with Crippen LogP contribution in [0, 0.1) is 6.92 Å². The molecule has 0 N–H and O–H groups in total. The molecule has 2 heterocycles. The van der Waals surface area contributed by atoms with Crippen molar-refractivity contribution in [3.05, 3.63) is 53.0 Å². The minimum atomic E-state index is -0.162. The predicted molar refractivity (Wildman–Crippen MR) is 71.4 cm³/mol. The lowest BCUT2D eigenvalue weighted by molar-refractivity contribution is 0.254. The summed E-state index contributed by atoms with van der Waals surface area (Å²) < 4.78 is 11.0. The van der Waals surface area contributed by atoms with Crippen LogP contribution in [0.1, 0.15) is 34.8 Å². The highest BCUT2D eigenvalue weighted by Crippen LogP contribution is 2.36. The van der Waals surface area contributed by atoms with Crippen LogP contribution >= 0.6 is 11.6 Å². The second-order valence-electron chi connectivity index (χ2n) is 4.79. The maximum Gasteiger partial charge on any atom is 0.123 e. The van der Waals surface area contributed by atoms with Gasteiger partial charge < -0.3 is 9.15 Å². The van der Waals surface area contributed by atoms with Gasteiger partial charge in [0.15, 0.2) is 0 Å². The van der Waals surface area contributed by atoms with E-state index in [0.29, 0.717) is 0 Å². The minimum absolute atomic E-state index is 0.162. The Labute approximate surface area is 112 Å². The molecule has 0 radical (unpaired) electrons. The first-order valence-electron chi connectivity index (χ1n) is 6.12. The standard InChI is InChI=1S/C15H15ClO2/c1-9-7-12-8-11(3-4-14(12)18-9)15(16)13-5-6-17-10(13)2/h3-6,8-9,15H,7H2,1-2H3. The van der Waals surface area contributed by atoms with Crippen molar-refractivity contribution in [3.63, 3.8) is 0 Å². The van der Waals surface area contributed by atoms with Crippen molar-refractivity contribution < 1.29 is 9.15 Å². The fourth-order valence-electron chi connectivity index (χ4n) is 2.44. The van der Waals surface area contributed by atoms with Gasteiger partial charge in [-0.2, -0.15) is 0 Å². The van der Waals surface area contributed by atoms with Crippen LogP contribution in [0.15, 0.2) is 34.9 Å². The summed E-state index contributed by atoms with van der Waals surface area (Å²) in [6, 6.07) is 8.11. The van der Waals surface area contributed by atoms with E-state index in [4.69, 9.17) is 20.8 Å². The van der Waals surface area contributed by atoms with Crippen LogP contribution in [0.2, 0.25) is 0 Å². The van der Waals surface area contributed by atoms with E-state index in [-0.39, 0.29) is 11.5 Å². The van der Waals surface area contributed by atoms with Gasteiger partial charge in [-0.15, -0.1) is 11.6 Å². The molecule has 1 aliphatic heterocycles. The first kappa shape index (κ1) is 11.7. The van der Waals surface area contributed by atoms with E-state index in [0.717, 1.165) is 29.1 Å². The number of furan rings is 1. The van der Waals surface area contributed by atoms with Gasteiger partial charge in [0.05, 0.1) is 11.6 Å². The second-order valence-corrected chi connectivity index (χ2v) is 5.23. The number of rotatable bonds is 2. The van der Waals surface area contributed by atoms with Crippen LogP contribution in [-0.4, -0.2) is 6.10 Å². The molecule has 2 atom stereocenters. The van der Waals surface area contributed by atoms with Crippen molar-refractivity contribution in [2.24, 2.45) is 0 Å². The summed E-state index contributed by atoms with van der Waals surface area (Å²) in [6.07, 6.45) is 2.90. The Hall–Kier alpha value is -1.41. The van der Waals surface area contributed by atoms with Gasteiger partial charge in [0.25, 0.3) is 0 Å². The van der Waals surface area contributed by atoms with E-state index in [1.54, 1.807) is 6.26 Å². The van der Waals surface area contributed by atoms with Gasteiger partial charge >= 0.3 is 0 Å². The molecule has 0 bridgehead atoms. The largest absolute Gasteiger partial charge is 0.490 e. The first-order valence-corrected chi connectivity index (χ1v) is 6.56. The summed E-state index contributed by atoms with van der Waals surface area (Å²) in [5, 5.41) is -0.162. The van der Waals surface area contributed by atoms with E-state index in [2.05, 4.69) is 13.0 Å². The highest BCUT2D eigenvalue weighted by molar-refractivity contribution is 6.22. The van der Waals surface area contributed by atoms with Gasteiger partial charge in [0.2, 0.25) is 0 Å². The maximum atomic E-state index is 6.52.